The van der Waals surface area contributed by atoms with E-state index < -0.39 is 0 Å². The van der Waals surface area contributed by atoms with Crippen LogP contribution in [0, 0.1) is 6.92 Å². The molecule has 0 amide bonds. The Bertz CT molecular complexity index is 538. The third kappa shape index (κ3) is 1.45. The van der Waals surface area contributed by atoms with E-state index in [1.807, 2.05) is 12.1 Å². The van der Waals surface area contributed by atoms with Gasteiger partial charge < -0.3 is 10.8 Å². The van der Waals surface area contributed by atoms with Crippen molar-refractivity contribution in [3.05, 3.63) is 53.1 Å². The van der Waals surface area contributed by atoms with Crippen molar-refractivity contribution in [3.63, 3.8) is 0 Å². The Morgan fingerprint density at radius 2 is 1.71 bits per heavy atom. The number of rotatable bonds is 1. The SMILES string of the molecule is Cc1ccc2c(c1)C(CO)c1cc(N)ccc1-2. The molecule has 2 heteroatoms. The molecule has 0 bridgehead atoms. The number of aliphatic hydroxyl groups excluding tert-OH is 1. The molecule has 0 radical (unpaired) electrons. The summed E-state index contributed by atoms with van der Waals surface area (Å²) in [7, 11) is 0. The number of benzene rings is 2. The lowest BCUT2D eigenvalue weighted by Gasteiger charge is -2.10. The molecule has 1 aliphatic rings. The highest BCUT2D eigenvalue weighted by atomic mass is 16.3. The fourth-order valence-corrected chi connectivity index (χ4v) is 2.69. The van der Waals surface area contributed by atoms with Crippen LogP contribution in [0.15, 0.2) is 36.4 Å². The van der Waals surface area contributed by atoms with Gasteiger partial charge in [0.2, 0.25) is 0 Å². The standard InChI is InChI=1S/C15H15NO/c1-9-2-4-11-12-5-3-10(16)7-14(12)15(8-17)13(11)6-9/h2-7,15,17H,8,16H2,1H3. The summed E-state index contributed by atoms with van der Waals surface area (Å²) in [5.41, 5.74) is 12.6. The van der Waals surface area contributed by atoms with Crippen LogP contribution in [0.2, 0.25) is 0 Å². The summed E-state index contributed by atoms with van der Waals surface area (Å²) in [4.78, 5) is 0. The van der Waals surface area contributed by atoms with E-state index in [-0.39, 0.29) is 12.5 Å². The summed E-state index contributed by atoms with van der Waals surface area (Å²) in [5, 5.41) is 9.60. The van der Waals surface area contributed by atoms with Gasteiger partial charge in [-0.2, -0.15) is 0 Å². The van der Waals surface area contributed by atoms with Crippen LogP contribution in [-0.4, -0.2) is 11.7 Å². The van der Waals surface area contributed by atoms with Gasteiger partial charge in [-0.1, -0.05) is 29.8 Å². The van der Waals surface area contributed by atoms with E-state index in [2.05, 4.69) is 31.2 Å². The van der Waals surface area contributed by atoms with Crippen LogP contribution >= 0.6 is 0 Å². The lowest BCUT2D eigenvalue weighted by molar-refractivity contribution is 0.282. The van der Waals surface area contributed by atoms with Crippen molar-refractivity contribution in [2.24, 2.45) is 0 Å². The second-order valence-corrected chi connectivity index (χ2v) is 4.67. The molecule has 3 rings (SSSR count). The Kier molecular flexibility index (Phi) is 2.20. The maximum absolute atomic E-state index is 9.60. The normalized spacial score (nSPS) is 16.7. The highest BCUT2D eigenvalue weighted by Crippen LogP contribution is 2.45. The highest BCUT2D eigenvalue weighted by molar-refractivity contribution is 5.80. The summed E-state index contributed by atoms with van der Waals surface area (Å²) in [5.74, 6) is 0.0726. The fourth-order valence-electron chi connectivity index (χ4n) is 2.69. The summed E-state index contributed by atoms with van der Waals surface area (Å²) in [6.45, 7) is 2.21. The quantitative estimate of drug-likeness (QED) is 0.733. The Balaban J connectivity index is 2.28. The molecule has 2 nitrogen and oxygen atoms in total. The van der Waals surface area contributed by atoms with Gasteiger partial charge >= 0.3 is 0 Å². The molecule has 2 aromatic carbocycles. The lowest BCUT2D eigenvalue weighted by atomic mass is 9.97. The number of hydrogen-bond donors (Lipinski definition) is 2. The third-order valence-electron chi connectivity index (χ3n) is 3.51. The van der Waals surface area contributed by atoms with Crippen molar-refractivity contribution in [1.82, 2.24) is 0 Å². The molecule has 1 atom stereocenters. The zero-order chi connectivity index (χ0) is 12.0. The maximum Gasteiger partial charge on any atom is 0.0540 e. The minimum absolute atomic E-state index is 0.0726. The largest absolute Gasteiger partial charge is 0.399 e. The van der Waals surface area contributed by atoms with Gasteiger partial charge in [0.15, 0.2) is 0 Å². The minimum Gasteiger partial charge on any atom is -0.399 e. The van der Waals surface area contributed by atoms with Gasteiger partial charge in [0.05, 0.1) is 6.61 Å². The summed E-state index contributed by atoms with van der Waals surface area (Å²) < 4.78 is 0. The highest BCUT2D eigenvalue weighted by Gasteiger charge is 2.27. The predicted molar refractivity (Wildman–Crippen MR) is 70.0 cm³/mol. The lowest BCUT2D eigenvalue weighted by Crippen LogP contribution is -2.02. The molecule has 0 saturated carbocycles. The first-order valence-electron chi connectivity index (χ1n) is 5.82. The van der Waals surface area contributed by atoms with Crippen LogP contribution in [-0.2, 0) is 0 Å². The number of nitrogens with two attached hydrogens (primary N) is 1. The molecule has 3 N–H and O–H groups in total. The molecular formula is C15H15NO. The van der Waals surface area contributed by atoms with Gasteiger partial charge in [-0.3, -0.25) is 0 Å². The van der Waals surface area contributed by atoms with Crippen LogP contribution in [0.5, 0.6) is 0 Å². The maximum atomic E-state index is 9.60. The zero-order valence-electron chi connectivity index (χ0n) is 9.77. The van der Waals surface area contributed by atoms with Gasteiger partial charge in [0, 0.05) is 11.6 Å². The number of anilines is 1. The van der Waals surface area contributed by atoms with E-state index in [0.717, 1.165) is 11.3 Å². The molecule has 0 aliphatic heterocycles. The number of aryl methyl sites for hydroxylation is 1. The van der Waals surface area contributed by atoms with E-state index in [1.54, 1.807) is 0 Å². The summed E-state index contributed by atoms with van der Waals surface area (Å²) >= 11 is 0. The number of fused-ring (bicyclic) bond motifs is 3. The molecule has 2 aromatic rings. The molecule has 0 spiro atoms. The van der Waals surface area contributed by atoms with Gasteiger partial charge in [0.25, 0.3) is 0 Å². The molecule has 86 valence electrons. The van der Waals surface area contributed by atoms with Crippen molar-refractivity contribution >= 4 is 5.69 Å². The Hall–Kier alpha value is -1.80. The van der Waals surface area contributed by atoms with E-state index in [9.17, 15) is 5.11 Å². The first-order valence-corrected chi connectivity index (χ1v) is 5.82. The van der Waals surface area contributed by atoms with Crippen LogP contribution < -0.4 is 5.73 Å². The fraction of sp³-hybridized carbons (Fsp3) is 0.200. The van der Waals surface area contributed by atoms with Crippen LogP contribution in [0.3, 0.4) is 0 Å². The zero-order valence-corrected chi connectivity index (χ0v) is 9.77. The first kappa shape index (κ1) is 10.4. The topological polar surface area (TPSA) is 46.2 Å². The summed E-state index contributed by atoms with van der Waals surface area (Å²) in [6.07, 6.45) is 0. The smallest absolute Gasteiger partial charge is 0.0540 e. The van der Waals surface area contributed by atoms with Crippen molar-refractivity contribution in [3.8, 4) is 11.1 Å². The van der Waals surface area contributed by atoms with Crippen molar-refractivity contribution < 1.29 is 5.11 Å². The number of nitrogen functional groups attached to an aromatic ring is 1. The summed E-state index contributed by atoms with van der Waals surface area (Å²) in [6, 6.07) is 12.3. The van der Waals surface area contributed by atoms with Crippen molar-refractivity contribution in [2.45, 2.75) is 12.8 Å². The van der Waals surface area contributed by atoms with Crippen molar-refractivity contribution in [1.29, 1.82) is 0 Å². The molecule has 0 fully saturated rings. The second kappa shape index (κ2) is 3.60. The van der Waals surface area contributed by atoms with Gasteiger partial charge in [0.1, 0.15) is 0 Å². The van der Waals surface area contributed by atoms with E-state index in [0.29, 0.717) is 0 Å². The third-order valence-corrected chi connectivity index (χ3v) is 3.51. The number of aliphatic hydroxyl groups is 1. The van der Waals surface area contributed by atoms with Gasteiger partial charge in [-0.15, -0.1) is 0 Å². The monoisotopic (exact) mass is 225 g/mol. The molecular weight excluding hydrogens is 210 g/mol. The second-order valence-electron chi connectivity index (χ2n) is 4.67. The predicted octanol–water partition coefficient (Wildman–Crippen LogP) is 2.68. The van der Waals surface area contributed by atoms with Crippen LogP contribution in [0.25, 0.3) is 11.1 Å². The van der Waals surface area contributed by atoms with Gasteiger partial charge in [-0.05, 0) is 41.3 Å². The van der Waals surface area contributed by atoms with Crippen LogP contribution in [0.1, 0.15) is 22.6 Å². The molecule has 1 unspecified atom stereocenters. The Labute approximate surface area is 101 Å². The molecule has 17 heavy (non-hydrogen) atoms. The average molecular weight is 225 g/mol. The Morgan fingerprint density at radius 3 is 2.41 bits per heavy atom. The van der Waals surface area contributed by atoms with Crippen LogP contribution in [0.4, 0.5) is 5.69 Å². The van der Waals surface area contributed by atoms with E-state index in [1.165, 1.54) is 22.3 Å². The van der Waals surface area contributed by atoms with E-state index >= 15 is 0 Å². The van der Waals surface area contributed by atoms with Crippen molar-refractivity contribution in [2.75, 3.05) is 12.3 Å². The molecule has 1 aliphatic carbocycles. The molecule has 0 aromatic heterocycles. The molecule has 0 saturated heterocycles. The average Bonchev–Trinajstić information content (AvgIpc) is 2.60. The van der Waals surface area contributed by atoms with Gasteiger partial charge in [-0.25, -0.2) is 0 Å². The first-order chi connectivity index (χ1) is 8.20. The molecule has 0 heterocycles. The van der Waals surface area contributed by atoms with E-state index in [4.69, 9.17) is 5.73 Å². The number of hydrogen-bond acceptors (Lipinski definition) is 2. The Morgan fingerprint density at radius 1 is 1.06 bits per heavy atom. The minimum atomic E-state index is 0.0726.